The highest BCUT2D eigenvalue weighted by molar-refractivity contribution is 9.10. The van der Waals surface area contributed by atoms with Crippen LogP contribution in [0.4, 0.5) is 0 Å². The van der Waals surface area contributed by atoms with Crippen molar-refractivity contribution in [1.29, 1.82) is 0 Å². The first kappa shape index (κ1) is 23.9. The van der Waals surface area contributed by atoms with Crippen LogP contribution in [0.25, 0.3) is 10.9 Å². The number of aromatic nitrogens is 2. The third-order valence-corrected chi connectivity index (χ3v) is 7.47. The van der Waals surface area contributed by atoms with Crippen molar-refractivity contribution in [2.75, 3.05) is 32.7 Å². The molecule has 0 bridgehead atoms. The average molecular weight is 541 g/mol. The Morgan fingerprint density at radius 1 is 1.26 bits per heavy atom. The normalized spacial score (nSPS) is 21.7. The summed E-state index contributed by atoms with van der Waals surface area (Å²) in [4.78, 5) is 44.0. The number of aliphatic imine (C=N–C) groups is 1. The van der Waals surface area contributed by atoms with Gasteiger partial charge in [-0.05, 0) is 43.5 Å². The molecule has 9 nitrogen and oxygen atoms in total. The van der Waals surface area contributed by atoms with Crippen molar-refractivity contribution < 1.29 is 14.4 Å². The molecule has 5 rings (SSSR count). The summed E-state index contributed by atoms with van der Waals surface area (Å²) in [6, 6.07) is 4.17. The number of carbonyl (C=O) groups is 3. The number of rotatable bonds is 6. The van der Waals surface area contributed by atoms with E-state index in [1.807, 2.05) is 21.7 Å². The molecule has 3 amide bonds. The Labute approximate surface area is 212 Å². The van der Waals surface area contributed by atoms with Gasteiger partial charge in [0, 0.05) is 41.7 Å². The lowest BCUT2D eigenvalue weighted by atomic mass is 9.93. The molecule has 2 aliphatic heterocycles. The van der Waals surface area contributed by atoms with Gasteiger partial charge in [-0.3, -0.25) is 24.0 Å². The number of hydrogen-bond donors (Lipinski definition) is 2. The molecule has 10 heteroatoms. The fraction of sp³-hybridized carbons (Fsp3) is 0.480. The maximum atomic E-state index is 13.3. The number of dihydropyridines is 1. The lowest BCUT2D eigenvalue weighted by Gasteiger charge is -2.30. The van der Waals surface area contributed by atoms with Crippen molar-refractivity contribution in [3.05, 3.63) is 40.0 Å². The Bertz CT molecular complexity index is 1240. The van der Waals surface area contributed by atoms with Gasteiger partial charge in [0.1, 0.15) is 0 Å². The van der Waals surface area contributed by atoms with Crippen LogP contribution in [-0.2, 0) is 9.59 Å². The van der Waals surface area contributed by atoms with Gasteiger partial charge in [-0.2, -0.15) is 5.10 Å². The van der Waals surface area contributed by atoms with Gasteiger partial charge in [0.15, 0.2) is 0 Å². The number of halogens is 1. The van der Waals surface area contributed by atoms with Gasteiger partial charge >= 0.3 is 0 Å². The van der Waals surface area contributed by atoms with E-state index in [-0.39, 0.29) is 24.3 Å². The van der Waals surface area contributed by atoms with E-state index in [4.69, 9.17) is 0 Å². The Kier molecular flexibility index (Phi) is 6.84. The van der Waals surface area contributed by atoms with E-state index in [0.717, 1.165) is 33.8 Å². The quantitative estimate of drug-likeness (QED) is 0.585. The summed E-state index contributed by atoms with van der Waals surface area (Å²) in [6.07, 6.45) is 8.25. The Balaban J connectivity index is 1.33. The zero-order chi connectivity index (χ0) is 24.5. The molecule has 0 spiro atoms. The summed E-state index contributed by atoms with van der Waals surface area (Å²) in [7, 11) is 0. The van der Waals surface area contributed by atoms with Gasteiger partial charge in [0.2, 0.25) is 5.91 Å². The van der Waals surface area contributed by atoms with Crippen LogP contribution in [0.5, 0.6) is 0 Å². The van der Waals surface area contributed by atoms with Gasteiger partial charge in [0.05, 0.1) is 35.8 Å². The molecule has 2 N–H and O–H groups in total. The van der Waals surface area contributed by atoms with E-state index in [0.29, 0.717) is 43.5 Å². The number of allylic oxidation sites excluding steroid dienone is 1. The van der Waals surface area contributed by atoms with Crippen LogP contribution in [0.15, 0.2) is 39.4 Å². The summed E-state index contributed by atoms with van der Waals surface area (Å²) in [5.41, 5.74) is 2.97. The zero-order valence-corrected chi connectivity index (χ0v) is 21.3. The molecule has 1 atom stereocenters. The third-order valence-electron chi connectivity index (χ3n) is 7.01. The average Bonchev–Trinajstić information content (AvgIpc) is 3.47. The van der Waals surface area contributed by atoms with E-state index in [9.17, 15) is 14.4 Å². The van der Waals surface area contributed by atoms with Gasteiger partial charge in [-0.1, -0.05) is 28.8 Å². The van der Waals surface area contributed by atoms with Crippen molar-refractivity contribution in [2.45, 2.75) is 38.6 Å². The standard InChI is InChI=1S/C25H29BrN6O3/c1-15-8-16(13-31-7-6-27-23(33)14-31)20(25(35)30-15)11-28-24(34)19-9-17(26)10-22-21(19)12-29-32(22)18-4-2-3-5-18/h8-10,12,18,20H,2-7,11,13-14H2,1H3,(H,27,33)(H,28,34). The predicted molar refractivity (Wildman–Crippen MR) is 136 cm³/mol. The number of fused-ring (bicyclic) bond motifs is 1. The molecule has 1 saturated carbocycles. The summed E-state index contributed by atoms with van der Waals surface area (Å²) in [5, 5.41) is 11.2. The minimum Gasteiger partial charge on any atom is -0.354 e. The third kappa shape index (κ3) is 5.08. The molecule has 0 radical (unpaired) electrons. The van der Waals surface area contributed by atoms with E-state index >= 15 is 0 Å². The van der Waals surface area contributed by atoms with Crippen LogP contribution >= 0.6 is 15.9 Å². The minimum absolute atomic E-state index is 0.0222. The minimum atomic E-state index is -0.559. The second kappa shape index (κ2) is 10.0. The number of benzene rings is 1. The molecular formula is C25H29BrN6O3. The number of amides is 3. The molecule has 1 aromatic heterocycles. The fourth-order valence-corrected chi connectivity index (χ4v) is 5.74. The molecule has 3 heterocycles. The highest BCUT2D eigenvalue weighted by Crippen LogP contribution is 2.33. The molecule has 2 aromatic rings. The van der Waals surface area contributed by atoms with E-state index < -0.39 is 5.92 Å². The number of nitrogens with zero attached hydrogens (tertiary/aromatic N) is 4. The topological polar surface area (TPSA) is 109 Å². The lowest BCUT2D eigenvalue weighted by molar-refractivity contribution is -0.123. The monoisotopic (exact) mass is 540 g/mol. The van der Waals surface area contributed by atoms with Gasteiger partial charge in [-0.25, -0.2) is 4.99 Å². The molecule has 35 heavy (non-hydrogen) atoms. The first-order valence-corrected chi connectivity index (χ1v) is 12.9. The maximum absolute atomic E-state index is 13.3. The second-order valence-electron chi connectivity index (χ2n) is 9.55. The van der Waals surface area contributed by atoms with Crippen molar-refractivity contribution in [1.82, 2.24) is 25.3 Å². The summed E-state index contributed by atoms with van der Waals surface area (Å²) in [5.74, 6) is -1.10. The van der Waals surface area contributed by atoms with Crippen LogP contribution in [0.1, 0.15) is 49.0 Å². The van der Waals surface area contributed by atoms with E-state index in [1.54, 1.807) is 19.2 Å². The van der Waals surface area contributed by atoms with Gasteiger partial charge < -0.3 is 10.6 Å². The summed E-state index contributed by atoms with van der Waals surface area (Å²) < 4.78 is 2.86. The van der Waals surface area contributed by atoms with Crippen molar-refractivity contribution in [3.63, 3.8) is 0 Å². The van der Waals surface area contributed by atoms with Crippen LogP contribution < -0.4 is 10.6 Å². The van der Waals surface area contributed by atoms with Crippen LogP contribution in [0.2, 0.25) is 0 Å². The van der Waals surface area contributed by atoms with Gasteiger partial charge in [-0.15, -0.1) is 0 Å². The highest BCUT2D eigenvalue weighted by Gasteiger charge is 2.30. The van der Waals surface area contributed by atoms with Crippen molar-refractivity contribution in [3.8, 4) is 0 Å². The number of carbonyl (C=O) groups excluding carboxylic acids is 3. The number of hydrogen-bond acceptors (Lipinski definition) is 5. The van der Waals surface area contributed by atoms with Crippen LogP contribution in [0.3, 0.4) is 0 Å². The van der Waals surface area contributed by atoms with Crippen molar-refractivity contribution >= 4 is 50.3 Å². The number of nitrogens with one attached hydrogen (secondary N) is 2. The fourth-order valence-electron chi connectivity index (χ4n) is 5.30. The first-order valence-electron chi connectivity index (χ1n) is 12.1. The van der Waals surface area contributed by atoms with E-state index in [1.165, 1.54) is 12.8 Å². The molecule has 1 aliphatic carbocycles. The SMILES string of the molecule is CC1=NC(=O)C(CNC(=O)c2cc(Br)cc3c2cnn3C2CCCC2)C(CN2CCNC(=O)C2)=C1. The molecule has 3 aliphatic rings. The first-order chi connectivity index (χ1) is 16.9. The smallest absolute Gasteiger partial charge is 0.254 e. The molecule has 1 unspecified atom stereocenters. The second-order valence-corrected chi connectivity index (χ2v) is 10.5. The molecule has 184 valence electrons. The maximum Gasteiger partial charge on any atom is 0.254 e. The lowest BCUT2D eigenvalue weighted by Crippen LogP contribution is -2.49. The number of piperazine rings is 1. The Morgan fingerprint density at radius 3 is 2.83 bits per heavy atom. The molecule has 2 fully saturated rings. The van der Waals surface area contributed by atoms with Crippen LogP contribution in [-0.4, -0.2) is 70.8 Å². The van der Waals surface area contributed by atoms with Crippen molar-refractivity contribution in [2.24, 2.45) is 10.9 Å². The molecular weight excluding hydrogens is 512 g/mol. The summed E-state index contributed by atoms with van der Waals surface area (Å²) >= 11 is 3.55. The van der Waals surface area contributed by atoms with Crippen LogP contribution in [0, 0.1) is 5.92 Å². The van der Waals surface area contributed by atoms with E-state index in [2.05, 4.69) is 36.7 Å². The molecule has 1 aromatic carbocycles. The highest BCUT2D eigenvalue weighted by atomic mass is 79.9. The molecule has 1 saturated heterocycles. The Hall–Kier alpha value is -2.85. The summed E-state index contributed by atoms with van der Waals surface area (Å²) in [6.45, 7) is 4.01. The Morgan fingerprint density at radius 2 is 2.06 bits per heavy atom. The zero-order valence-electron chi connectivity index (χ0n) is 19.7. The predicted octanol–water partition coefficient (Wildman–Crippen LogP) is 2.62. The van der Waals surface area contributed by atoms with Gasteiger partial charge in [0.25, 0.3) is 11.8 Å². The largest absolute Gasteiger partial charge is 0.354 e.